The molecule has 0 spiro atoms. The van der Waals surface area contributed by atoms with Gasteiger partial charge in [-0.2, -0.15) is 13.2 Å². The molecular weight excluding hydrogens is 522 g/mol. The first kappa shape index (κ1) is 24.1. The molecule has 1 unspecified atom stereocenters. The number of rotatable bonds is 4. The zero-order valence-corrected chi connectivity index (χ0v) is 19.7. The van der Waals surface area contributed by atoms with Gasteiger partial charge in [-0.3, -0.25) is 4.79 Å². The molecular formula is C22H15Cl3F3NO3S. The number of nitrogens with one attached hydrogen (secondary N) is 1. The minimum absolute atomic E-state index is 0.0248. The van der Waals surface area contributed by atoms with E-state index in [0.717, 1.165) is 12.2 Å². The number of benzene rings is 2. The molecule has 4 nitrogen and oxygen atoms in total. The van der Waals surface area contributed by atoms with Crippen LogP contribution in [-0.4, -0.2) is 38.0 Å². The fourth-order valence-electron chi connectivity index (χ4n) is 3.84. The van der Waals surface area contributed by atoms with Gasteiger partial charge in [-0.1, -0.05) is 59.1 Å². The molecule has 2 aromatic carbocycles. The third kappa shape index (κ3) is 4.67. The molecule has 1 fully saturated rings. The van der Waals surface area contributed by atoms with Crippen molar-refractivity contribution in [1.82, 2.24) is 5.32 Å². The van der Waals surface area contributed by atoms with E-state index in [9.17, 15) is 26.4 Å². The predicted octanol–water partition coefficient (Wildman–Crippen LogP) is 5.63. The topological polar surface area (TPSA) is 63.2 Å². The molecule has 174 valence electrons. The number of hydrogen-bond donors (Lipinski definition) is 1. The summed E-state index contributed by atoms with van der Waals surface area (Å²) in [6, 6.07) is 7.54. The number of amides is 1. The Morgan fingerprint density at radius 2 is 1.67 bits per heavy atom. The fourth-order valence-corrected chi connectivity index (χ4v) is 5.93. The first-order valence-corrected chi connectivity index (χ1v) is 12.5. The maximum atomic E-state index is 14.2. The van der Waals surface area contributed by atoms with E-state index in [2.05, 4.69) is 5.32 Å². The third-order valence-corrected chi connectivity index (χ3v) is 8.08. The van der Waals surface area contributed by atoms with Crippen LogP contribution in [0.5, 0.6) is 0 Å². The zero-order valence-electron chi connectivity index (χ0n) is 16.6. The van der Waals surface area contributed by atoms with Gasteiger partial charge in [-0.15, -0.1) is 0 Å². The van der Waals surface area contributed by atoms with E-state index in [1.807, 2.05) is 0 Å². The first-order chi connectivity index (χ1) is 15.3. The number of halogens is 6. The molecule has 11 heteroatoms. The predicted molar refractivity (Wildman–Crippen MR) is 123 cm³/mol. The van der Waals surface area contributed by atoms with Crippen molar-refractivity contribution in [3.8, 4) is 0 Å². The molecule has 1 heterocycles. The Hall–Kier alpha value is -2.00. The number of carbonyl (C=O) groups is 1. The molecule has 0 saturated carbocycles. The van der Waals surface area contributed by atoms with Gasteiger partial charge in [0.05, 0.1) is 28.1 Å². The van der Waals surface area contributed by atoms with Crippen molar-refractivity contribution in [1.29, 1.82) is 0 Å². The monoisotopic (exact) mass is 535 g/mol. The van der Waals surface area contributed by atoms with Gasteiger partial charge in [-0.05, 0) is 47.0 Å². The smallest absolute Gasteiger partial charge is 0.347 e. The molecule has 1 atom stereocenters. The Balaban J connectivity index is 1.65. The van der Waals surface area contributed by atoms with Gasteiger partial charge < -0.3 is 5.32 Å². The number of alkyl halides is 3. The number of hydrogen-bond acceptors (Lipinski definition) is 3. The maximum Gasteiger partial charge on any atom is 0.405 e. The van der Waals surface area contributed by atoms with Crippen molar-refractivity contribution >= 4 is 56.1 Å². The largest absolute Gasteiger partial charge is 0.405 e. The highest BCUT2D eigenvalue weighted by Gasteiger charge is 2.54. The lowest BCUT2D eigenvalue weighted by Crippen LogP contribution is -2.52. The minimum atomic E-state index is -4.67. The van der Waals surface area contributed by atoms with Gasteiger partial charge in [-0.25, -0.2) is 8.42 Å². The van der Waals surface area contributed by atoms with Crippen LogP contribution < -0.4 is 5.32 Å². The van der Waals surface area contributed by atoms with Gasteiger partial charge in [0.25, 0.3) is 5.91 Å². The lowest BCUT2D eigenvalue weighted by atomic mass is 9.81. The van der Waals surface area contributed by atoms with Gasteiger partial charge in [0.1, 0.15) is 5.41 Å². The molecule has 1 aliphatic heterocycles. The molecule has 33 heavy (non-hydrogen) atoms. The molecule has 1 amide bonds. The number of allylic oxidation sites excluding steroid dienone is 4. The summed E-state index contributed by atoms with van der Waals surface area (Å²) in [5.74, 6) is -0.834. The standard InChI is InChI=1S/C22H15Cl3F3NO3S/c23-15-6-14(7-16(24)8-15)21(22(26,27)28)4-3-13(9-21)12-1-2-18(19(25)5-12)20(30)29-17-10-33(31,32)11-17/h1-9,17H,10-11H2,(H,29,30). The van der Waals surface area contributed by atoms with Crippen molar-refractivity contribution in [3.63, 3.8) is 0 Å². The van der Waals surface area contributed by atoms with Crippen LogP contribution in [0.25, 0.3) is 5.57 Å². The Kier molecular flexibility index (Phi) is 6.10. The van der Waals surface area contributed by atoms with Crippen molar-refractivity contribution in [3.05, 3.63) is 86.4 Å². The van der Waals surface area contributed by atoms with E-state index >= 15 is 0 Å². The number of carbonyl (C=O) groups excluding carboxylic acids is 1. The normalized spacial score (nSPS) is 22.1. The molecule has 1 aliphatic carbocycles. The molecule has 1 saturated heterocycles. The van der Waals surface area contributed by atoms with Gasteiger partial charge in [0, 0.05) is 10.0 Å². The lowest BCUT2D eigenvalue weighted by Gasteiger charge is -2.29. The number of sulfone groups is 1. The van der Waals surface area contributed by atoms with E-state index in [-0.39, 0.29) is 43.3 Å². The van der Waals surface area contributed by atoms with Gasteiger partial charge >= 0.3 is 6.18 Å². The summed E-state index contributed by atoms with van der Waals surface area (Å²) >= 11 is 18.1. The molecule has 1 N–H and O–H groups in total. The Morgan fingerprint density at radius 3 is 2.21 bits per heavy atom. The van der Waals surface area contributed by atoms with E-state index < -0.39 is 33.4 Å². The molecule has 0 bridgehead atoms. The molecule has 2 aromatic rings. The Morgan fingerprint density at radius 1 is 1.03 bits per heavy atom. The van der Waals surface area contributed by atoms with Crippen LogP contribution in [0.3, 0.4) is 0 Å². The van der Waals surface area contributed by atoms with Crippen LogP contribution in [0.1, 0.15) is 21.5 Å². The summed E-state index contributed by atoms with van der Waals surface area (Å²) in [6.07, 6.45) is -1.27. The van der Waals surface area contributed by atoms with E-state index in [0.29, 0.717) is 5.56 Å². The minimum Gasteiger partial charge on any atom is -0.347 e. The second-order valence-corrected chi connectivity index (χ2v) is 11.3. The quantitative estimate of drug-likeness (QED) is 0.551. The highest BCUT2D eigenvalue weighted by atomic mass is 35.5. The Bertz CT molecular complexity index is 1290. The van der Waals surface area contributed by atoms with Crippen molar-refractivity contribution in [2.24, 2.45) is 0 Å². The molecule has 4 rings (SSSR count). The first-order valence-electron chi connectivity index (χ1n) is 9.56. The lowest BCUT2D eigenvalue weighted by molar-refractivity contribution is -0.161. The van der Waals surface area contributed by atoms with Crippen LogP contribution in [0.15, 0.2) is 54.6 Å². The van der Waals surface area contributed by atoms with Crippen molar-refractivity contribution in [2.75, 3.05) is 11.5 Å². The van der Waals surface area contributed by atoms with Crippen LogP contribution in [0, 0.1) is 0 Å². The molecule has 0 aromatic heterocycles. The average molecular weight is 537 g/mol. The summed E-state index contributed by atoms with van der Waals surface area (Å²) in [6.45, 7) is 0. The van der Waals surface area contributed by atoms with Crippen LogP contribution >= 0.6 is 34.8 Å². The van der Waals surface area contributed by atoms with Crippen molar-refractivity contribution < 1.29 is 26.4 Å². The van der Waals surface area contributed by atoms with E-state index in [1.54, 1.807) is 0 Å². The summed E-state index contributed by atoms with van der Waals surface area (Å²) in [4.78, 5) is 12.4. The van der Waals surface area contributed by atoms with Crippen LogP contribution in [-0.2, 0) is 15.3 Å². The highest BCUT2D eigenvalue weighted by Crippen LogP contribution is 2.49. The van der Waals surface area contributed by atoms with E-state index in [4.69, 9.17) is 34.8 Å². The molecule has 0 radical (unpaired) electrons. The summed E-state index contributed by atoms with van der Waals surface area (Å²) in [7, 11) is -3.11. The average Bonchev–Trinajstić information content (AvgIpc) is 3.12. The van der Waals surface area contributed by atoms with Gasteiger partial charge in [0.15, 0.2) is 9.84 Å². The van der Waals surface area contributed by atoms with Crippen LogP contribution in [0.2, 0.25) is 15.1 Å². The van der Waals surface area contributed by atoms with Gasteiger partial charge in [0.2, 0.25) is 0 Å². The van der Waals surface area contributed by atoms with Crippen LogP contribution in [0.4, 0.5) is 13.2 Å². The second-order valence-electron chi connectivity index (χ2n) is 7.90. The molecule has 2 aliphatic rings. The second kappa shape index (κ2) is 8.34. The maximum absolute atomic E-state index is 14.2. The fraction of sp³-hybridized carbons (Fsp3) is 0.227. The SMILES string of the molecule is O=C(NC1CS(=O)(=O)C1)c1ccc(C2=CC(c3cc(Cl)cc(Cl)c3)(C(F)(F)F)C=C2)cc1Cl. The third-order valence-electron chi connectivity index (χ3n) is 5.51. The summed E-state index contributed by atoms with van der Waals surface area (Å²) < 4.78 is 65.1. The highest BCUT2D eigenvalue weighted by molar-refractivity contribution is 7.92. The Labute approximate surface area is 202 Å². The van der Waals surface area contributed by atoms with Crippen molar-refractivity contribution in [2.45, 2.75) is 17.6 Å². The summed E-state index contributed by atoms with van der Waals surface area (Å²) in [5, 5.41) is 2.76. The summed E-state index contributed by atoms with van der Waals surface area (Å²) in [5.41, 5.74) is -1.84. The zero-order chi connectivity index (χ0) is 24.2. The van der Waals surface area contributed by atoms with E-state index in [1.165, 1.54) is 42.5 Å².